The molecule has 0 aliphatic heterocycles. The molecular formula is C14H16BrFO. The maximum atomic E-state index is 13.4. The molecule has 17 heavy (non-hydrogen) atoms. The van der Waals surface area contributed by atoms with E-state index in [9.17, 15) is 9.18 Å². The van der Waals surface area contributed by atoms with E-state index in [1.807, 2.05) is 6.07 Å². The molecule has 0 amide bonds. The average Bonchev–Trinajstić information content (AvgIpc) is 2.49. The number of halogens is 2. The van der Waals surface area contributed by atoms with E-state index in [0.717, 1.165) is 37.7 Å². The summed E-state index contributed by atoms with van der Waals surface area (Å²) in [5, 5.41) is 0. The lowest BCUT2D eigenvalue weighted by Gasteiger charge is -2.14. The minimum absolute atomic E-state index is 0.220. The zero-order chi connectivity index (χ0) is 12.3. The molecule has 1 aliphatic rings. The first-order valence-corrected chi connectivity index (χ1v) is 6.90. The molecule has 1 nitrogen and oxygen atoms in total. The topological polar surface area (TPSA) is 17.1 Å². The van der Waals surface area contributed by atoms with Crippen LogP contribution in [0, 0.1) is 11.7 Å². The number of carbonyl (C=O) groups excluding carboxylic acids is 1. The first-order chi connectivity index (χ1) is 8.16. The highest BCUT2D eigenvalue weighted by molar-refractivity contribution is 9.10. The van der Waals surface area contributed by atoms with Crippen molar-refractivity contribution in [3.05, 3.63) is 34.1 Å². The van der Waals surface area contributed by atoms with Gasteiger partial charge in [0, 0.05) is 12.8 Å². The van der Waals surface area contributed by atoms with Crippen molar-refractivity contribution in [2.75, 3.05) is 0 Å². The molecule has 1 fully saturated rings. The van der Waals surface area contributed by atoms with Crippen LogP contribution in [0.5, 0.6) is 0 Å². The number of rotatable bonds is 2. The third kappa shape index (κ3) is 3.38. The number of benzene rings is 1. The molecule has 1 unspecified atom stereocenters. The zero-order valence-corrected chi connectivity index (χ0v) is 11.3. The Morgan fingerprint density at radius 1 is 1.35 bits per heavy atom. The highest BCUT2D eigenvalue weighted by Crippen LogP contribution is 2.28. The SMILES string of the molecule is O=C1CCCCC(Cc2cccc(F)c2Br)C1. The Bertz CT molecular complexity index is 417. The molecule has 1 saturated carbocycles. The Hall–Kier alpha value is -0.700. The Morgan fingerprint density at radius 3 is 3.00 bits per heavy atom. The van der Waals surface area contributed by atoms with Gasteiger partial charge in [-0.2, -0.15) is 0 Å². The smallest absolute Gasteiger partial charge is 0.137 e. The minimum atomic E-state index is -0.220. The molecule has 1 atom stereocenters. The van der Waals surface area contributed by atoms with Gasteiger partial charge in [-0.3, -0.25) is 4.79 Å². The second kappa shape index (κ2) is 5.76. The Balaban J connectivity index is 2.09. The normalized spacial score (nSPS) is 21.3. The van der Waals surface area contributed by atoms with Gasteiger partial charge in [0.05, 0.1) is 4.47 Å². The van der Waals surface area contributed by atoms with E-state index >= 15 is 0 Å². The summed E-state index contributed by atoms with van der Waals surface area (Å²) >= 11 is 3.28. The first kappa shape index (κ1) is 12.7. The van der Waals surface area contributed by atoms with Crippen LogP contribution in [0.1, 0.15) is 37.7 Å². The van der Waals surface area contributed by atoms with E-state index in [1.165, 1.54) is 6.07 Å². The summed E-state index contributed by atoms with van der Waals surface area (Å²) in [5.74, 6) is 0.519. The molecule has 0 spiro atoms. The lowest BCUT2D eigenvalue weighted by molar-refractivity contribution is -0.119. The third-order valence-corrected chi connectivity index (χ3v) is 4.26. The van der Waals surface area contributed by atoms with Crippen LogP contribution in [-0.2, 0) is 11.2 Å². The predicted molar refractivity (Wildman–Crippen MR) is 69.4 cm³/mol. The van der Waals surface area contributed by atoms with Gasteiger partial charge in [-0.25, -0.2) is 4.39 Å². The summed E-state index contributed by atoms with van der Waals surface area (Å²) in [5.41, 5.74) is 0.977. The minimum Gasteiger partial charge on any atom is -0.300 e. The van der Waals surface area contributed by atoms with Crippen molar-refractivity contribution >= 4 is 21.7 Å². The molecular weight excluding hydrogens is 283 g/mol. The molecule has 1 aliphatic carbocycles. The van der Waals surface area contributed by atoms with Crippen molar-refractivity contribution in [1.82, 2.24) is 0 Å². The van der Waals surface area contributed by atoms with Crippen LogP contribution < -0.4 is 0 Å². The molecule has 3 heteroatoms. The van der Waals surface area contributed by atoms with Gasteiger partial charge in [0.1, 0.15) is 11.6 Å². The van der Waals surface area contributed by atoms with Crippen LogP contribution in [0.2, 0.25) is 0 Å². The summed E-state index contributed by atoms with van der Waals surface area (Å²) in [6, 6.07) is 5.11. The Morgan fingerprint density at radius 2 is 2.18 bits per heavy atom. The summed E-state index contributed by atoms with van der Waals surface area (Å²) < 4.78 is 13.9. The lowest BCUT2D eigenvalue weighted by atomic mass is 9.92. The maximum absolute atomic E-state index is 13.4. The summed E-state index contributed by atoms with van der Waals surface area (Å²) in [6.45, 7) is 0. The fourth-order valence-corrected chi connectivity index (χ4v) is 2.90. The number of hydrogen-bond donors (Lipinski definition) is 0. The Kier molecular flexibility index (Phi) is 4.32. The quantitative estimate of drug-likeness (QED) is 0.745. The number of hydrogen-bond acceptors (Lipinski definition) is 1. The van der Waals surface area contributed by atoms with Crippen molar-refractivity contribution < 1.29 is 9.18 Å². The van der Waals surface area contributed by atoms with Gasteiger partial charge in [-0.05, 0) is 52.7 Å². The van der Waals surface area contributed by atoms with E-state index in [4.69, 9.17) is 0 Å². The maximum Gasteiger partial charge on any atom is 0.137 e. The first-order valence-electron chi connectivity index (χ1n) is 6.11. The van der Waals surface area contributed by atoms with Crippen molar-refractivity contribution in [2.45, 2.75) is 38.5 Å². The second-order valence-electron chi connectivity index (χ2n) is 4.77. The summed E-state index contributed by atoms with van der Waals surface area (Å²) in [4.78, 5) is 11.5. The van der Waals surface area contributed by atoms with Gasteiger partial charge in [-0.15, -0.1) is 0 Å². The van der Waals surface area contributed by atoms with Crippen LogP contribution in [0.15, 0.2) is 22.7 Å². The largest absolute Gasteiger partial charge is 0.300 e. The van der Waals surface area contributed by atoms with Crippen molar-refractivity contribution in [3.63, 3.8) is 0 Å². The highest BCUT2D eigenvalue weighted by atomic mass is 79.9. The highest BCUT2D eigenvalue weighted by Gasteiger charge is 2.19. The molecule has 1 aromatic carbocycles. The predicted octanol–water partition coefficient (Wildman–Crippen LogP) is 4.28. The average molecular weight is 299 g/mol. The van der Waals surface area contributed by atoms with Gasteiger partial charge in [0.2, 0.25) is 0 Å². The molecule has 0 heterocycles. The summed E-state index contributed by atoms with van der Waals surface area (Å²) in [6.07, 6.45) is 5.38. The van der Waals surface area contributed by atoms with Crippen molar-refractivity contribution in [3.8, 4) is 0 Å². The lowest BCUT2D eigenvalue weighted by Crippen LogP contribution is -2.09. The molecule has 92 valence electrons. The van der Waals surface area contributed by atoms with E-state index in [1.54, 1.807) is 6.07 Å². The molecule has 1 aromatic rings. The fourth-order valence-electron chi connectivity index (χ4n) is 2.47. The number of carbonyl (C=O) groups is 1. The standard InChI is InChI=1S/C14H16BrFO/c15-14-11(5-3-7-13(14)16)8-10-4-1-2-6-12(17)9-10/h3,5,7,10H,1-2,4,6,8-9H2. The van der Waals surface area contributed by atoms with Gasteiger partial charge >= 0.3 is 0 Å². The van der Waals surface area contributed by atoms with Crippen LogP contribution in [0.4, 0.5) is 4.39 Å². The van der Waals surface area contributed by atoms with E-state index in [0.29, 0.717) is 22.6 Å². The van der Waals surface area contributed by atoms with E-state index in [-0.39, 0.29) is 5.82 Å². The van der Waals surface area contributed by atoms with Crippen molar-refractivity contribution in [2.24, 2.45) is 5.92 Å². The molecule has 0 aromatic heterocycles. The molecule has 2 rings (SSSR count). The summed E-state index contributed by atoms with van der Waals surface area (Å²) in [7, 11) is 0. The third-order valence-electron chi connectivity index (χ3n) is 3.37. The monoisotopic (exact) mass is 298 g/mol. The number of ketones is 1. The van der Waals surface area contributed by atoms with Gasteiger partial charge in [0.15, 0.2) is 0 Å². The van der Waals surface area contributed by atoms with Crippen LogP contribution in [0.25, 0.3) is 0 Å². The van der Waals surface area contributed by atoms with Crippen LogP contribution in [0.3, 0.4) is 0 Å². The van der Waals surface area contributed by atoms with E-state index < -0.39 is 0 Å². The van der Waals surface area contributed by atoms with Crippen LogP contribution >= 0.6 is 15.9 Å². The molecule has 0 saturated heterocycles. The molecule has 0 radical (unpaired) electrons. The second-order valence-corrected chi connectivity index (χ2v) is 5.56. The van der Waals surface area contributed by atoms with Gasteiger partial charge in [0.25, 0.3) is 0 Å². The van der Waals surface area contributed by atoms with Gasteiger partial charge in [-0.1, -0.05) is 18.6 Å². The zero-order valence-electron chi connectivity index (χ0n) is 9.72. The molecule has 0 bridgehead atoms. The molecule has 0 N–H and O–H groups in total. The number of Topliss-reactive ketones (excluding diaryl/α,β-unsaturated/α-hetero) is 1. The van der Waals surface area contributed by atoms with Gasteiger partial charge < -0.3 is 0 Å². The van der Waals surface area contributed by atoms with E-state index in [2.05, 4.69) is 15.9 Å². The van der Waals surface area contributed by atoms with Crippen molar-refractivity contribution in [1.29, 1.82) is 0 Å². The fraction of sp³-hybridized carbons (Fsp3) is 0.500. The Labute approximate surface area is 110 Å². The van der Waals surface area contributed by atoms with Crippen LogP contribution in [-0.4, -0.2) is 5.78 Å².